The number of fused-ring (bicyclic) bond motifs is 12. The number of nitrogens with zero attached hydrogens (tertiary/aromatic N) is 2. The third-order valence-electron chi connectivity index (χ3n) is 10.9. The minimum atomic E-state index is 0.00518. The number of rotatable bonds is 1. The molecule has 0 saturated heterocycles. The second-order valence-electron chi connectivity index (χ2n) is 13.2. The van der Waals surface area contributed by atoms with Crippen LogP contribution in [0.2, 0.25) is 0 Å². The third kappa shape index (κ3) is 2.95. The number of anilines is 3. The SMILES string of the molecule is c1ccc(N2c3ccccc3B3c4cc5c6c(c4Oc4cccc2c43)c2ccccc2n6-c2cccc3c2B5c2ccccc2O3)cc1. The van der Waals surface area contributed by atoms with E-state index in [1.54, 1.807) is 0 Å². The van der Waals surface area contributed by atoms with Crippen molar-refractivity contribution in [3.8, 4) is 28.7 Å². The summed E-state index contributed by atoms with van der Waals surface area (Å²) in [5, 5.41) is 2.38. The zero-order valence-corrected chi connectivity index (χ0v) is 25.7. The van der Waals surface area contributed by atoms with Crippen molar-refractivity contribution in [1.82, 2.24) is 4.57 Å². The van der Waals surface area contributed by atoms with Crippen LogP contribution < -0.4 is 47.2 Å². The fourth-order valence-corrected chi connectivity index (χ4v) is 9.11. The molecule has 4 aliphatic heterocycles. The van der Waals surface area contributed by atoms with E-state index in [1.807, 2.05) is 0 Å². The van der Waals surface area contributed by atoms with Crippen molar-refractivity contribution in [2.75, 3.05) is 4.90 Å². The van der Waals surface area contributed by atoms with Crippen LogP contribution >= 0.6 is 0 Å². The average Bonchev–Trinajstić information content (AvgIpc) is 3.50. The number of ether oxygens (including phenoxy) is 2. The molecule has 0 saturated carbocycles. The molecule has 1 aromatic heterocycles. The monoisotopic (exact) mass is 610 g/mol. The van der Waals surface area contributed by atoms with Crippen LogP contribution in [0.25, 0.3) is 27.5 Å². The van der Waals surface area contributed by atoms with E-state index >= 15 is 0 Å². The molecule has 4 aliphatic rings. The predicted molar refractivity (Wildman–Crippen MR) is 198 cm³/mol. The van der Waals surface area contributed by atoms with E-state index in [4.69, 9.17) is 9.47 Å². The summed E-state index contributed by atoms with van der Waals surface area (Å²) in [5.74, 6) is 3.73. The van der Waals surface area contributed by atoms with Crippen LogP contribution in [0.3, 0.4) is 0 Å². The fourth-order valence-electron chi connectivity index (χ4n) is 9.11. The summed E-state index contributed by atoms with van der Waals surface area (Å²) >= 11 is 0. The Labute approximate surface area is 277 Å². The first-order valence-electron chi connectivity index (χ1n) is 16.6. The molecule has 0 spiro atoms. The van der Waals surface area contributed by atoms with Gasteiger partial charge in [0.05, 0.1) is 11.0 Å². The molecule has 0 fully saturated rings. The summed E-state index contributed by atoms with van der Waals surface area (Å²) in [5.41, 5.74) is 14.5. The minimum Gasteiger partial charge on any atom is -0.458 e. The second kappa shape index (κ2) is 8.81. The standard InChI is InChI=1S/C42H24B2N2O2/c1-2-12-25(13-3-1)45-32-18-8-5-15-27(32)43-30-24-29-41-38(42(30)48-37-23-10-19-33(45)39(37)43)26-14-4-7-17-31(26)46(41)34-20-11-22-36-40(34)44(29)28-16-6-9-21-35(28)47-36/h1-24H. The Hall–Kier alpha value is -6.13. The maximum atomic E-state index is 7.18. The fraction of sp³-hybridized carbons (Fsp3) is 0. The van der Waals surface area contributed by atoms with E-state index in [1.165, 1.54) is 66.0 Å². The molecule has 220 valence electrons. The van der Waals surface area contributed by atoms with Crippen molar-refractivity contribution < 1.29 is 9.47 Å². The Morgan fingerprint density at radius 2 is 1.10 bits per heavy atom. The lowest BCUT2D eigenvalue weighted by Crippen LogP contribution is -2.63. The zero-order chi connectivity index (χ0) is 31.1. The van der Waals surface area contributed by atoms with Crippen molar-refractivity contribution in [1.29, 1.82) is 0 Å². The summed E-state index contributed by atoms with van der Waals surface area (Å²) in [7, 11) is 0. The maximum Gasteiger partial charge on any atom is 0.256 e. The lowest BCUT2D eigenvalue weighted by atomic mass is 9.31. The van der Waals surface area contributed by atoms with Gasteiger partial charge in [-0.25, -0.2) is 0 Å². The second-order valence-corrected chi connectivity index (χ2v) is 13.2. The van der Waals surface area contributed by atoms with E-state index in [0.29, 0.717) is 0 Å². The van der Waals surface area contributed by atoms with Gasteiger partial charge in [-0.1, -0.05) is 91.0 Å². The van der Waals surface area contributed by atoms with E-state index in [0.717, 1.165) is 34.4 Å². The molecule has 0 bridgehead atoms. The Balaban J connectivity index is 1.24. The number of hydrogen-bond acceptors (Lipinski definition) is 3. The van der Waals surface area contributed by atoms with Crippen molar-refractivity contribution >= 4 is 85.1 Å². The summed E-state index contributed by atoms with van der Waals surface area (Å²) in [6.07, 6.45) is 0. The van der Waals surface area contributed by atoms with Crippen LogP contribution in [0.4, 0.5) is 17.1 Å². The highest BCUT2D eigenvalue weighted by molar-refractivity contribution is 7.02. The van der Waals surface area contributed by atoms with Gasteiger partial charge in [0.1, 0.15) is 23.0 Å². The van der Waals surface area contributed by atoms with Crippen molar-refractivity contribution in [2.24, 2.45) is 0 Å². The highest BCUT2D eigenvalue weighted by Gasteiger charge is 2.46. The average molecular weight is 610 g/mol. The Kier molecular flexibility index (Phi) is 4.59. The summed E-state index contributed by atoms with van der Waals surface area (Å²) in [4.78, 5) is 2.39. The Morgan fingerprint density at radius 1 is 0.458 bits per heavy atom. The van der Waals surface area contributed by atoms with E-state index in [-0.39, 0.29) is 13.4 Å². The quantitative estimate of drug-likeness (QED) is 0.210. The molecule has 7 aromatic carbocycles. The van der Waals surface area contributed by atoms with Crippen molar-refractivity contribution in [3.63, 3.8) is 0 Å². The van der Waals surface area contributed by atoms with Gasteiger partial charge >= 0.3 is 0 Å². The lowest BCUT2D eigenvalue weighted by molar-refractivity contribution is 0.487. The first kappa shape index (κ1) is 25.0. The van der Waals surface area contributed by atoms with Gasteiger partial charge in [0.2, 0.25) is 0 Å². The topological polar surface area (TPSA) is 26.6 Å². The van der Waals surface area contributed by atoms with Crippen LogP contribution in [0.5, 0.6) is 23.0 Å². The molecule has 0 unspecified atom stereocenters. The van der Waals surface area contributed by atoms with Crippen molar-refractivity contribution in [3.05, 3.63) is 146 Å². The van der Waals surface area contributed by atoms with Crippen molar-refractivity contribution in [2.45, 2.75) is 0 Å². The van der Waals surface area contributed by atoms with E-state index < -0.39 is 0 Å². The molecule has 48 heavy (non-hydrogen) atoms. The van der Waals surface area contributed by atoms with E-state index in [9.17, 15) is 0 Å². The summed E-state index contributed by atoms with van der Waals surface area (Å²) < 4.78 is 16.2. The third-order valence-corrected chi connectivity index (χ3v) is 10.9. The maximum absolute atomic E-state index is 7.18. The van der Waals surface area contributed by atoms with E-state index in [2.05, 4.69) is 155 Å². The smallest absolute Gasteiger partial charge is 0.256 e. The highest BCUT2D eigenvalue weighted by Crippen LogP contribution is 2.45. The largest absolute Gasteiger partial charge is 0.458 e. The molecule has 0 amide bonds. The van der Waals surface area contributed by atoms with Crippen LogP contribution in [0.15, 0.2) is 146 Å². The van der Waals surface area contributed by atoms with Crippen LogP contribution in [-0.2, 0) is 0 Å². The summed E-state index contributed by atoms with van der Waals surface area (Å²) in [6, 6.07) is 52.4. The molecule has 4 nitrogen and oxygen atoms in total. The number of hydrogen-bond donors (Lipinski definition) is 0. The molecule has 6 heteroatoms. The summed E-state index contributed by atoms with van der Waals surface area (Å²) in [6.45, 7) is 0.0349. The first-order chi connectivity index (χ1) is 23.8. The molecule has 0 N–H and O–H groups in total. The van der Waals surface area contributed by atoms with Gasteiger partial charge in [-0.2, -0.15) is 0 Å². The molecule has 12 rings (SSSR count). The van der Waals surface area contributed by atoms with Crippen LogP contribution in [0.1, 0.15) is 0 Å². The van der Waals surface area contributed by atoms with Gasteiger partial charge < -0.3 is 18.9 Å². The van der Waals surface area contributed by atoms with Gasteiger partial charge in [0.15, 0.2) is 0 Å². The molecular formula is C42H24B2N2O2. The molecule has 8 aromatic rings. The number of para-hydroxylation sites is 4. The minimum absolute atomic E-state index is 0.00518. The Bertz CT molecular complexity index is 2720. The van der Waals surface area contributed by atoms with Gasteiger partial charge in [0.25, 0.3) is 13.4 Å². The molecular weight excluding hydrogens is 586 g/mol. The van der Waals surface area contributed by atoms with Crippen LogP contribution in [-0.4, -0.2) is 18.0 Å². The molecule has 0 atom stereocenters. The Morgan fingerprint density at radius 3 is 2.00 bits per heavy atom. The molecule has 0 radical (unpaired) electrons. The van der Waals surface area contributed by atoms with Crippen LogP contribution in [0, 0.1) is 0 Å². The number of aromatic nitrogens is 1. The molecule has 0 aliphatic carbocycles. The number of benzene rings is 7. The zero-order valence-electron chi connectivity index (χ0n) is 25.7. The first-order valence-corrected chi connectivity index (χ1v) is 16.6. The lowest BCUT2D eigenvalue weighted by Gasteiger charge is -2.40. The normalized spacial score (nSPS) is 14.0. The van der Waals surface area contributed by atoms with Gasteiger partial charge in [-0.3, -0.25) is 0 Å². The van der Waals surface area contributed by atoms with Gasteiger partial charge in [-0.15, -0.1) is 0 Å². The van der Waals surface area contributed by atoms with Gasteiger partial charge in [-0.05, 0) is 87.4 Å². The highest BCUT2D eigenvalue weighted by atomic mass is 16.5. The van der Waals surface area contributed by atoms with Gasteiger partial charge in [0, 0.05) is 33.5 Å². The molecule has 5 heterocycles. The predicted octanol–water partition coefficient (Wildman–Crippen LogP) is 6.12.